The molecule has 0 aliphatic heterocycles. The summed E-state index contributed by atoms with van der Waals surface area (Å²) in [6.45, 7) is 3.41. The third kappa shape index (κ3) is 2.57. The summed E-state index contributed by atoms with van der Waals surface area (Å²) in [6, 6.07) is 3.83. The van der Waals surface area contributed by atoms with E-state index in [4.69, 9.17) is 18.0 Å². The van der Waals surface area contributed by atoms with Gasteiger partial charge < -0.3 is 16.4 Å². The van der Waals surface area contributed by atoms with E-state index >= 15 is 0 Å². The molecule has 0 atom stereocenters. The van der Waals surface area contributed by atoms with Crippen LogP contribution in [-0.2, 0) is 4.79 Å². The fraction of sp³-hybridized carbons (Fsp3) is 0.182. The van der Waals surface area contributed by atoms with Gasteiger partial charge in [0, 0.05) is 6.92 Å². The number of rotatable bonds is 2. The number of carbonyl (C=O) groups is 1. The lowest BCUT2D eigenvalue weighted by Crippen LogP contribution is -2.19. The molecule has 0 radical (unpaired) electrons. The zero-order valence-corrected chi connectivity index (χ0v) is 11.5. The molecule has 7 heteroatoms. The van der Waals surface area contributed by atoms with Crippen LogP contribution in [-0.4, -0.2) is 16.0 Å². The van der Waals surface area contributed by atoms with Gasteiger partial charge in [-0.25, -0.2) is 4.98 Å². The number of anilines is 2. The standard InChI is InChI=1S/C11H12N4OS2/c1-5-3-4-7-9(8(5)15-10(12)17)18-11(14-7)13-6(2)16/h3-4H,1-2H3,(H3,12,15,17)(H,13,14,16). The fourth-order valence-corrected chi connectivity index (χ4v) is 2.74. The second kappa shape index (κ2) is 4.87. The number of aryl methyl sites for hydroxylation is 1. The lowest BCUT2D eigenvalue weighted by molar-refractivity contribution is -0.114. The maximum atomic E-state index is 11.0. The van der Waals surface area contributed by atoms with Gasteiger partial charge in [-0.2, -0.15) is 0 Å². The molecule has 0 fully saturated rings. The van der Waals surface area contributed by atoms with Crippen LogP contribution in [0.3, 0.4) is 0 Å². The Bertz CT molecular complexity index is 635. The average Bonchev–Trinajstić information content (AvgIpc) is 2.64. The van der Waals surface area contributed by atoms with E-state index < -0.39 is 0 Å². The van der Waals surface area contributed by atoms with E-state index in [1.807, 2.05) is 19.1 Å². The molecule has 0 saturated carbocycles. The maximum absolute atomic E-state index is 11.0. The highest BCUT2D eigenvalue weighted by molar-refractivity contribution is 7.80. The lowest BCUT2D eigenvalue weighted by Gasteiger charge is -2.07. The van der Waals surface area contributed by atoms with Crippen LogP contribution in [0.15, 0.2) is 12.1 Å². The predicted molar refractivity (Wildman–Crippen MR) is 79.1 cm³/mol. The number of hydrogen-bond acceptors (Lipinski definition) is 4. The molecule has 0 aliphatic carbocycles. The summed E-state index contributed by atoms with van der Waals surface area (Å²) in [5.41, 5.74) is 8.17. The van der Waals surface area contributed by atoms with Gasteiger partial charge in [0.15, 0.2) is 10.2 Å². The van der Waals surface area contributed by atoms with Gasteiger partial charge in [0.05, 0.1) is 15.9 Å². The Morgan fingerprint density at radius 2 is 2.17 bits per heavy atom. The Labute approximate surface area is 113 Å². The number of thiocarbonyl (C=S) groups is 1. The summed E-state index contributed by atoms with van der Waals surface area (Å²) in [5.74, 6) is -0.144. The molecule has 1 heterocycles. The minimum atomic E-state index is -0.144. The summed E-state index contributed by atoms with van der Waals surface area (Å²) in [7, 11) is 0. The van der Waals surface area contributed by atoms with Crippen molar-refractivity contribution in [2.75, 3.05) is 10.6 Å². The number of thiazole rings is 1. The molecule has 1 aromatic heterocycles. The van der Waals surface area contributed by atoms with Crippen molar-refractivity contribution >= 4 is 55.6 Å². The zero-order chi connectivity index (χ0) is 13.3. The van der Waals surface area contributed by atoms with Crippen LogP contribution in [0.5, 0.6) is 0 Å². The molecular weight excluding hydrogens is 268 g/mol. The molecule has 4 N–H and O–H groups in total. The second-order valence-corrected chi connectivity index (χ2v) is 5.23. The lowest BCUT2D eigenvalue weighted by atomic mass is 10.2. The molecule has 1 amide bonds. The van der Waals surface area contributed by atoms with E-state index in [1.165, 1.54) is 18.3 Å². The third-order valence-electron chi connectivity index (χ3n) is 2.30. The largest absolute Gasteiger partial charge is 0.376 e. The highest BCUT2D eigenvalue weighted by Gasteiger charge is 2.11. The van der Waals surface area contributed by atoms with Crippen LogP contribution in [0.25, 0.3) is 10.2 Å². The van der Waals surface area contributed by atoms with Crippen LogP contribution in [0, 0.1) is 6.92 Å². The SMILES string of the molecule is CC(=O)Nc1nc2ccc(C)c(NC(N)=S)c2s1. The van der Waals surface area contributed by atoms with Gasteiger partial charge in [0.25, 0.3) is 0 Å². The second-order valence-electron chi connectivity index (χ2n) is 3.80. The van der Waals surface area contributed by atoms with Crippen molar-refractivity contribution in [2.24, 2.45) is 5.73 Å². The van der Waals surface area contributed by atoms with Crippen molar-refractivity contribution < 1.29 is 4.79 Å². The van der Waals surface area contributed by atoms with Crippen molar-refractivity contribution in [3.63, 3.8) is 0 Å². The first-order valence-corrected chi connectivity index (χ1v) is 6.44. The van der Waals surface area contributed by atoms with Crippen molar-refractivity contribution in [2.45, 2.75) is 13.8 Å². The summed E-state index contributed by atoms with van der Waals surface area (Å²) in [6.07, 6.45) is 0. The van der Waals surface area contributed by atoms with Gasteiger partial charge in [0.1, 0.15) is 0 Å². The Hall–Kier alpha value is -1.73. The summed E-state index contributed by atoms with van der Waals surface area (Å²) in [5, 5.41) is 6.39. The number of nitrogens with zero attached hydrogens (tertiary/aromatic N) is 1. The van der Waals surface area contributed by atoms with Gasteiger partial charge in [-0.05, 0) is 30.8 Å². The molecule has 2 aromatic rings. The van der Waals surface area contributed by atoms with Gasteiger partial charge >= 0.3 is 0 Å². The van der Waals surface area contributed by atoms with E-state index in [2.05, 4.69) is 15.6 Å². The van der Waals surface area contributed by atoms with Gasteiger partial charge in [0.2, 0.25) is 5.91 Å². The Morgan fingerprint density at radius 3 is 2.78 bits per heavy atom. The molecule has 0 bridgehead atoms. The number of amides is 1. The topological polar surface area (TPSA) is 80.0 Å². The Morgan fingerprint density at radius 1 is 1.44 bits per heavy atom. The molecule has 0 saturated heterocycles. The van der Waals surface area contributed by atoms with Gasteiger partial charge in [-0.1, -0.05) is 17.4 Å². The van der Waals surface area contributed by atoms with Crippen LogP contribution in [0.2, 0.25) is 0 Å². The number of nitrogens with one attached hydrogen (secondary N) is 2. The van der Waals surface area contributed by atoms with E-state index in [1.54, 1.807) is 0 Å². The monoisotopic (exact) mass is 280 g/mol. The van der Waals surface area contributed by atoms with E-state index in [0.29, 0.717) is 5.13 Å². The van der Waals surface area contributed by atoms with E-state index in [9.17, 15) is 4.79 Å². The molecule has 0 spiro atoms. The molecule has 18 heavy (non-hydrogen) atoms. The molecule has 0 aliphatic rings. The van der Waals surface area contributed by atoms with Crippen molar-refractivity contribution in [3.05, 3.63) is 17.7 Å². The number of fused-ring (bicyclic) bond motifs is 1. The first kappa shape index (κ1) is 12.7. The highest BCUT2D eigenvalue weighted by Crippen LogP contribution is 2.34. The molecule has 94 valence electrons. The smallest absolute Gasteiger partial charge is 0.223 e. The Balaban J connectivity index is 2.53. The summed E-state index contributed by atoms with van der Waals surface area (Å²) < 4.78 is 0.923. The normalized spacial score (nSPS) is 10.3. The van der Waals surface area contributed by atoms with Crippen LogP contribution < -0.4 is 16.4 Å². The van der Waals surface area contributed by atoms with Gasteiger partial charge in [-0.3, -0.25) is 4.79 Å². The van der Waals surface area contributed by atoms with E-state index in [0.717, 1.165) is 21.5 Å². The number of carbonyl (C=O) groups excluding carboxylic acids is 1. The summed E-state index contributed by atoms with van der Waals surface area (Å²) in [4.78, 5) is 15.3. The highest BCUT2D eigenvalue weighted by atomic mass is 32.1. The zero-order valence-electron chi connectivity index (χ0n) is 9.90. The van der Waals surface area contributed by atoms with E-state index in [-0.39, 0.29) is 11.0 Å². The first-order valence-electron chi connectivity index (χ1n) is 5.21. The number of hydrogen-bond donors (Lipinski definition) is 3. The maximum Gasteiger partial charge on any atom is 0.223 e. The number of benzene rings is 1. The number of nitrogens with two attached hydrogens (primary N) is 1. The van der Waals surface area contributed by atoms with Crippen molar-refractivity contribution in [3.8, 4) is 0 Å². The minimum Gasteiger partial charge on any atom is -0.376 e. The molecular formula is C11H12N4OS2. The van der Waals surface area contributed by atoms with Crippen molar-refractivity contribution in [1.82, 2.24) is 4.98 Å². The molecule has 2 rings (SSSR count). The summed E-state index contributed by atoms with van der Waals surface area (Å²) >= 11 is 6.25. The molecule has 0 unspecified atom stereocenters. The number of aromatic nitrogens is 1. The van der Waals surface area contributed by atoms with Crippen LogP contribution >= 0.6 is 23.6 Å². The Kier molecular flexibility index (Phi) is 3.44. The predicted octanol–water partition coefficient (Wildman–Crippen LogP) is 2.22. The average molecular weight is 280 g/mol. The van der Waals surface area contributed by atoms with Crippen molar-refractivity contribution in [1.29, 1.82) is 0 Å². The van der Waals surface area contributed by atoms with Gasteiger partial charge in [-0.15, -0.1) is 0 Å². The third-order valence-corrected chi connectivity index (χ3v) is 3.40. The minimum absolute atomic E-state index is 0.144. The molecule has 5 nitrogen and oxygen atoms in total. The van der Waals surface area contributed by atoms with Crippen LogP contribution in [0.1, 0.15) is 12.5 Å². The first-order chi connectivity index (χ1) is 8.47. The quantitative estimate of drug-likeness (QED) is 0.735. The fourth-order valence-electron chi connectivity index (χ4n) is 1.57. The molecule has 1 aromatic carbocycles. The van der Waals surface area contributed by atoms with Crippen LogP contribution in [0.4, 0.5) is 10.8 Å².